The molecule has 10 nitrogen and oxygen atoms in total. The molecule has 0 spiro atoms. The van der Waals surface area contributed by atoms with Crippen LogP contribution in [-0.2, 0) is 21.3 Å². The number of aryl methyl sites for hydroxylation is 1. The largest absolute Gasteiger partial charge is 0.420 e. The first-order chi connectivity index (χ1) is 12.4. The number of oxazole rings is 1. The van der Waals surface area contributed by atoms with Crippen molar-refractivity contribution in [2.75, 3.05) is 26.3 Å². The molecule has 11 heteroatoms. The summed E-state index contributed by atoms with van der Waals surface area (Å²) < 4.78 is 43.4. The smallest absolute Gasteiger partial charge is 0.408 e. The molecule has 0 amide bonds. The minimum atomic E-state index is -3.67. The van der Waals surface area contributed by atoms with Crippen LogP contribution < -0.4 is 5.76 Å². The third-order valence-electron chi connectivity index (χ3n) is 4.12. The average Bonchev–Trinajstić information content (AvgIpc) is 3.18. The number of fused-ring (bicyclic) bond motifs is 1. The van der Waals surface area contributed by atoms with Gasteiger partial charge < -0.3 is 13.7 Å². The van der Waals surface area contributed by atoms with Gasteiger partial charge in [0, 0.05) is 26.1 Å². The Morgan fingerprint density at radius 1 is 1.23 bits per heavy atom. The molecule has 0 N–H and O–H groups in total. The molecule has 1 saturated heterocycles. The molecule has 3 aromatic rings. The lowest BCUT2D eigenvalue weighted by Gasteiger charge is -2.25. The number of hydrogen-bond donors (Lipinski definition) is 0. The van der Waals surface area contributed by atoms with Crippen molar-refractivity contribution in [3.8, 4) is 0 Å². The second-order valence-corrected chi connectivity index (χ2v) is 7.77. The van der Waals surface area contributed by atoms with Crippen molar-refractivity contribution in [2.45, 2.75) is 18.4 Å². The van der Waals surface area contributed by atoms with Crippen LogP contribution in [0.25, 0.3) is 11.1 Å². The van der Waals surface area contributed by atoms with Gasteiger partial charge in [0.05, 0.1) is 30.2 Å². The molecule has 2 aromatic heterocycles. The van der Waals surface area contributed by atoms with Gasteiger partial charge in [0.1, 0.15) is 0 Å². The van der Waals surface area contributed by atoms with Crippen LogP contribution in [0.4, 0.5) is 0 Å². The number of nitrogens with zero attached hydrogens (tertiary/aromatic N) is 4. The Bertz CT molecular complexity index is 1110. The molecule has 0 saturated carbocycles. The first kappa shape index (κ1) is 16.9. The lowest BCUT2D eigenvalue weighted by atomic mass is 10.3. The van der Waals surface area contributed by atoms with Gasteiger partial charge in [0.15, 0.2) is 11.4 Å². The van der Waals surface area contributed by atoms with Crippen molar-refractivity contribution in [3.63, 3.8) is 0 Å². The van der Waals surface area contributed by atoms with E-state index in [4.69, 9.17) is 13.7 Å². The van der Waals surface area contributed by atoms with Crippen LogP contribution in [0.5, 0.6) is 0 Å². The second kappa shape index (κ2) is 6.34. The fourth-order valence-electron chi connectivity index (χ4n) is 2.84. The van der Waals surface area contributed by atoms with Crippen molar-refractivity contribution in [2.24, 2.45) is 0 Å². The van der Waals surface area contributed by atoms with Gasteiger partial charge in [-0.25, -0.2) is 13.2 Å². The van der Waals surface area contributed by atoms with Crippen LogP contribution in [0, 0.1) is 6.92 Å². The fraction of sp³-hybridized carbons (Fsp3) is 0.400. The Morgan fingerprint density at radius 3 is 2.69 bits per heavy atom. The minimum Gasteiger partial charge on any atom is -0.408 e. The summed E-state index contributed by atoms with van der Waals surface area (Å²) in [5.41, 5.74) is 0.642. The van der Waals surface area contributed by atoms with Crippen LogP contribution in [0.3, 0.4) is 0 Å². The monoisotopic (exact) mass is 380 g/mol. The van der Waals surface area contributed by atoms with Crippen LogP contribution in [-0.4, -0.2) is 53.7 Å². The summed E-state index contributed by atoms with van der Waals surface area (Å²) in [7, 11) is -3.67. The highest BCUT2D eigenvalue weighted by Gasteiger charge is 2.27. The molecule has 1 aromatic carbocycles. The first-order valence-corrected chi connectivity index (χ1v) is 9.39. The molecule has 0 unspecified atom stereocenters. The van der Waals surface area contributed by atoms with Crippen LogP contribution in [0.15, 0.2) is 36.8 Å². The van der Waals surface area contributed by atoms with Gasteiger partial charge in [-0.1, -0.05) is 5.16 Å². The average molecular weight is 380 g/mol. The fourth-order valence-corrected chi connectivity index (χ4v) is 4.26. The lowest BCUT2D eigenvalue weighted by molar-refractivity contribution is 0.0730. The van der Waals surface area contributed by atoms with E-state index in [9.17, 15) is 13.2 Å². The number of ether oxygens (including phenoxy) is 1. The Kier molecular flexibility index (Phi) is 4.13. The highest BCUT2D eigenvalue weighted by molar-refractivity contribution is 7.89. The molecule has 0 bridgehead atoms. The zero-order chi connectivity index (χ0) is 18.3. The molecule has 0 radical (unpaired) electrons. The van der Waals surface area contributed by atoms with Gasteiger partial charge in [-0.15, -0.1) is 0 Å². The van der Waals surface area contributed by atoms with Gasteiger partial charge >= 0.3 is 5.76 Å². The number of hydrogen-bond acceptors (Lipinski definition) is 8. The third-order valence-corrected chi connectivity index (χ3v) is 6.01. The van der Waals surface area contributed by atoms with Crippen molar-refractivity contribution < 1.29 is 22.1 Å². The number of morpholine rings is 1. The summed E-state index contributed by atoms with van der Waals surface area (Å²) in [6.45, 7) is 3.02. The van der Waals surface area contributed by atoms with E-state index in [0.29, 0.717) is 43.5 Å². The zero-order valence-electron chi connectivity index (χ0n) is 13.9. The highest BCUT2D eigenvalue weighted by atomic mass is 32.2. The molecular formula is C15H16N4O6S. The predicted molar refractivity (Wildman–Crippen MR) is 88.2 cm³/mol. The molecule has 1 aliphatic rings. The summed E-state index contributed by atoms with van der Waals surface area (Å²) in [5, 5.41) is 3.75. The van der Waals surface area contributed by atoms with Gasteiger partial charge in [-0.3, -0.25) is 4.57 Å². The molecule has 138 valence electrons. The van der Waals surface area contributed by atoms with E-state index in [1.807, 2.05) is 0 Å². The third kappa shape index (κ3) is 2.93. The highest BCUT2D eigenvalue weighted by Crippen LogP contribution is 2.22. The second-order valence-electron chi connectivity index (χ2n) is 5.83. The molecule has 1 aliphatic heterocycles. The molecule has 0 aliphatic carbocycles. The van der Waals surface area contributed by atoms with Crippen LogP contribution >= 0.6 is 0 Å². The number of rotatable bonds is 4. The van der Waals surface area contributed by atoms with Crippen LogP contribution in [0.2, 0.25) is 0 Å². The summed E-state index contributed by atoms with van der Waals surface area (Å²) >= 11 is 0. The quantitative estimate of drug-likeness (QED) is 0.636. The molecule has 1 fully saturated rings. The maximum Gasteiger partial charge on any atom is 0.420 e. The number of sulfonamides is 1. The number of benzene rings is 1. The Labute approximate surface area is 148 Å². The topological polar surface area (TPSA) is 121 Å². The van der Waals surface area contributed by atoms with Crippen molar-refractivity contribution in [1.29, 1.82) is 0 Å². The molecule has 0 atom stereocenters. The Balaban J connectivity index is 1.71. The minimum absolute atomic E-state index is 0.0682. The zero-order valence-corrected chi connectivity index (χ0v) is 14.7. The summed E-state index contributed by atoms with van der Waals surface area (Å²) in [6, 6.07) is 4.36. The standard InChI is InChI=1S/C15H16N4O6S/c1-10-16-14(17-25-10)9-19-12-3-2-11(8-13(12)24-15(19)20)26(21,22)18-4-6-23-7-5-18/h2-3,8H,4-7,9H2,1H3. The summed E-state index contributed by atoms with van der Waals surface area (Å²) in [5.74, 6) is 0.0976. The Hall–Kier alpha value is -2.50. The predicted octanol–water partition coefficient (Wildman–Crippen LogP) is 0.355. The van der Waals surface area contributed by atoms with E-state index in [2.05, 4.69) is 10.1 Å². The maximum absolute atomic E-state index is 12.7. The molecule has 4 rings (SSSR count). The van der Waals surface area contributed by atoms with Crippen molar-refractivity contribution in [3.05, 3.63) is 40.5 Å². The lowest BCUT2D eigenvalue weighted by Crippen LogP contribution is -2.40. The van der Waals surface area contributed by atoms with Gasteiger partial charge in [-0.05, 0) is 12.1 Å². The van der Waals surface area contributed by atoms with E-state index in [1.54, 1.807) is 13.0 Å². The van der Waals surface area contributed by atoms with Crippen LogP contribution in [0.1, 0.15) is 11.7 Å². The normalized spacial score (nSPS) is 16.3. The van der Waals surface area contributed by atoms with E-state index in [1.165, 1.54) is 21.0 Å². The molecule has 26 heavy (non-hydrogen) atoms. The van der Waals surface area contributed by atoms with Gasteiger partial charge in [-0.2, -0.15) is 9.29 Å². The Morgan fingerprint density at radius 2 is 2.00 bits per heavy atom. The van der Waals surface area contributed by atoms with E-state index >= 15 is 0 Å². The van der Waals surface area contributed by atoms with E-state index in [-0.39, 0.29) is 17.0 Å². The SMILES string of the molecule is Cc1nc(Cn2c(=O)oc3cc(S(=O)(=O)N4CCOCC4)ccc32)no1. The number of aromatic nitrogens is 3. The molecular weight excluding hydrogens is 364 g/mol. The summed E-state index contributed by atoms with van der Waals surface area (Å²) in [6.07, 6.45) is 0. The van der Waals surface area contributed by atoms with Gasteiger partial charge in [0.2, 0.25) is 15.9 Å². The molecule has 3 heterocycles. The maximum atomic E-state index is 12.7. The first-order valence-electron chi connectivity index (χ1n) is 7.95. The van der Waals surface area contributed by atoms with Gasteiger partial charge in [0.25, 0.3) is 0 Å². The van der Waals surface area contributed by atoms with E-state index in [0.717, 1.165) is 0 Å². The summed E-state index contributed by atoms with van der Waals surface area (Å²) in [4.78, 5) is 16.3. The van der Waals surface area contributed by atoms with Crippen molar-refractivity contribution in [1.82, 2.24) is 19.0 Å². The van der Waals surface area contributed by atoms with Crippen molar-refractivity contribution >= 4 is 21.1 Å². The van der Waals surface area contributed by atoms with E-state index < -0.39 is 15.8 Å².